The molecule has 0 aliphatic rings. The smallest absolute Gasteiger partial charge is 0.243 e. The molecule has 0 spiro atoms. The number of nitrogens with zero attached hydrogens (tertiary/aromatic N) is 1. The van der Waals surface area contributed by atoms with Gasteiger partial charge in [-0.1, -0.05) is 12.1 Å². The zero-order valence-corrected chi connectivity index (χ0v) is 8.63. The van der Waals surface area contributed by atoms with E-state index in [0.29, 0.717) is 12.3 Å². The van der Waals surface area contributed by atoms with Gasteiger partial charge in [-0.3, -0.25) is 10.1 Å². The monoisotopic (exact) mass is 197 g/mol. The summed E-state index contributed by atoms with van der Waals surface area (Å²) in [7, 11) is 0. The molecule has 14 heavy (non-hydrogen) atoms. The van der Waals surface area contributed by atoms with Crippen molar-refractivity contribution < 1.29 is 9.32 Å². The van der Waals surface area contributed by atoms with Gasteiger partial charge >= 0.3 is 0 Å². The van der Waals surface area contributed by atoms with Gasteiger partial charge in [0.05, 0.1) is 11.7 Å². The van der Waals surface area contributed by atoms with Crippen molar-refractivity contribution in [3.05, 3.63) is 11.3 Å². The van der Waals surface area contributed by atoms with Gasteiger partial charge in [-0.25, -0.2) is 0 Å². The Morgan fingerprint density at radius 1 is 1.64 bits per heavy atom. The molecule has 1 rings (SSSR count). The lowest BCUT2D eigenvalue weighted by Gasteiger charge is -2.07. The lowest BCUT2D eigenvalue weighted by molar-refractivity contribution is -0.117. The van der Waals surface area contributed by atoms with Gasteiger partial charge in [-0.15, -0.1) is 0 Å². The van der Waals surface area contributed by atoms with E-state index >= 15 is 0 Å². The molecule has 0 saturated heterocycles. The van der Waals surface area contributed by atoms with Crippen LogP contribution in [0.2, 0.25) is 0 Å². The average Bonchev–Trinajstić information content (AvgIpc) is 2.48. The predicted octanol–water partition coefficient (Wildman–Crippen LogP) is 0.967. The third-order valence-corrected chi connectivity index (χ3v) is 2.17. The Kier molecular flexibility index (Phi) is 3.24. The fraction of sp³-hybridized carbons (Fsp3) is 0.556. The maximum absolute atomic E-state index is 11.4. The van der Waals surface area contributed by atoms with E-state index in [1.807, 2.05) is 20.8 Å². The van der Waals surface area contributed by atoms with Crippen LogP contribution in [0, 0.1) is 13.8 Å². The molecule has 0 saturated carbocycles. The van der Waals surface area contributed by atoms with E-state index in [1.165, 1.54) is 0 Å². The summed E-state index contributed by atoms with van der Waals surface area (Å²) in [6.45, 7) is 5.50. The number of amides is 1. The van der Waals surface area contributed by atoms with Crippen LogP contribution in [0.3, 0.4) is 0 Å². The molecule has 3 N–H and O–H groups in total. The molecule has 5 nitrogen and oxygen atoms in total. The minimum absolute atomic E-state index is 0.244. The number of aromatic nitrogens is 1. The SMILES string of the molecule is CC[C@H](N)C(=O)Nc1onc(C)c1C. The zero-order chi connectivity index (χ0) is 10.7. The van der Waals surface area contributed by atoms with Crippen molar-refractivity contribution in [2.24, 2.45) is 5.73 Å². The molecular formula is C9H15N3O2. The molecule has 0 unspecified atom stereocenters. The van der Waals surface area contributed by atoms with Gasteiger partial charge in [0.15, 0.2) is 0 Å². The molecule has 1 heterocycles. The number of nitrogens with one attached hydrogen (secondary N) is 1. The lowest BCUT2D eigenvalue weighted by Crippen LogP contribution is -2.34. The van der Waals surface area contributed by atoms with E-state index in [2.05, 4.69) is 10.5 Å². The molecule has 0 fully saturated rings. The molecule has 0 aliphatic carbocycles. The molecule has 0 aromatic carbocycles. The number of hydrogen-bond acceptors (Lipinski definition) is 4. The minimum Gasteiger partial charge on any atom is -0.338 e. The first-order chi connectivity index (χ1) is 6.56. The summed E-state index contributed by atoms with van der Waals surface area (Å²) in [6.07, 6.45) is 0.595. The fourth-order valence-corrected chi connectivity index (χ4v) is 0.922. The quantitative estimate of drug-likeness (QED) is 0.756. The summed E-state index contributed by atoms with van der Waals surface area (Å²) in [5.41, 5.74) is 7.15. The van der Waals surface area contributed by atoms with Crippen LogP contribution in [-0.2, 0) is 4.79 Å². The summed E-state index contributed by atoms with van der Waals surface area (Å²) >= 11 is 0. The second-order valence-corrected chi connectivity index (χ2v) is 3.23. The number of nitrogens with two attached hydrogens (primary N) is 1. The van der Waals surface area contributed by atoms with Crippen LogP contribution in [0.15, 0.2) is 4.52 Å². The first-order valence-electron chi connectivity index (χ1n) is 4.55. The van der Waals surface area contributed by atoms with Gasteiger partial charge in [0.2, 0.25) is 11.8 Å². The van der Waals surface area contributed by atoms with E-state index < -0.39 is 6.04 Å². The van der Waals surface area contributed by atoms with Crippen LogP contribution >= 0.6 is 0 Å². The van der Waals surface area contributed by atoms with Crippen LogP contribution in [-0.4, -0.2) is 17.1 Å². The Bertz CT molecular complexity index is 333. The average molecular weight is 197 g/mol. The minimum atomic E-state index is -0.500. The number of anilines is 1. The van der Waals surface area contributed by atoms with Crippen LogP contribution in [0.25, 0.3) is 0 Å². The third-order valence-electron chi connectivity index (χ3n) is 2.17. The summed E-state index contributed by atoms with van der Waals surface area (Å²) in [5.74, 6) is 0.142. The number of hydrogen-bond donors (Lipinski definition) is 2. The molecule has 78 valence electrons. The van der Waals surface area contributed by atoms with E-state index in [9.17, 15) is 4.79 Å². The van der Waals surface area contributed by atoms with Crippen molar-refractivity contribution in [1.29, 1.82) is 0 Å². The molecule has 1 aromatic heterocycles. The van der Waals surface area contributed by atoms with Crippen molar-refractivity contribution in [2.75, 3.05) is 5.32 Å². The Balaban J connectivity index is 2.70. The molecule has 1 aromatic rings. The molecule has 0 radical (unpaired) electrons. The Labute approximate surface area is 82.6 Å². The predicted molar refractivity (Wildman–Crippen MR) is 52.9 cm³/mol. The summed E-state index contributed by atoms with van der Waals surface area (Å²) in [5, 5.41) is 6.31. The number of aryl methyl sites for hydroxylation is 1. The Morgan fingerprint density at radius 3 is 2.71 bits per heavy atom. The van der Waals surface area contributed by atoms with E-state index in [4.69, 9.17) is 10.3 Å². The van der Waals surface area contributed by atoms with Crippen molar-refractivity contribution in [2.45, 2.75) is 33.2 Å². The maximum Gasteiger partial charge on any atom is 0.243 e. The van der Waals surface area contributed by atoms with Gasteiger partial charge in [-0.2, -0.15) is 0 Å². The second-order valence-electron chi connectivity index (χ2n) is 3.23. The van der Waals surface area contributed by atoms with Gasteiger partial charge in [0.1, 0.15) is 0 Å². The second kappa shape index (κ2) is 4.23. The number of rotatable bonds is 3. The topological polar surface area (TPSA) is 81.2 Å². The number of carbonyl (C=O) groups excluding carboxylic acids is 1. The van der Waals surface area contributed by atoms with Gasteiger partial charge in [0, 0.05) is 5.56 Å². The summed E-state index contributed by atoms with van der Waals surface area (Å²) in [4.78, 5) is 11.4. The number of carbonyl (C=O) groups is 1. The maximum atomic E-state index is 11.4. The van der Waals surface area contributed by atoms with Crippen LogP contribution in [0.1, 0.15) is 24.6 Å². The standard InChI is InChI=1S/C9H15N3O2/c1-4-7(10)8(13)11-9-5(2)6(3)12-14-9/h7H,4,10H2,1-3H3,(H,11,13)/t7-/m0/s1. The Morgan fingerprint density at radius 2 is 2.29 bits per heavy atom. The highest BCUT2D eigenvalue weighted by molar-refractivity contribution is 5.94. The highest BCUT2D eigenvalue weighted by Gasteiger charge is 2.15. The van der Waals surface area contributed by atoms with Crippen molar-refractivity contribution in [1.82, 2.24) is 5.16 Å². The lowest BCUT2D eigenvalue weighted by atomic mass is 10.2. The van der Waals surface area contributed by atoms with Gasteiger partial charge in [0.25, 0.3) is 0 Å². The third kappa shape index (κ3) is 2.11. The van der Waals surface area contributed by atoms with Crippen LogP contribution in [0.5, 0.6) is 0 Å². The van der Waals surface area contributed by atoms with Crippen molar-refractivity contribution in [3.8, 4) is 0 Å². The normalized spacial score (nSPS) is 12.6. The molecule has 1 atom stereocenters. The first-order valence-corrected chi connectivity index (χ1v) is 4.55. The van der Waals surface area contributed by atoms with Crippen molar-refractivity contribution in [3.63, 3.8) is 0 Å². The van der Waals surface area contributed by atoms with Gasteiger partial charge in [-0.05, 0) is 20.3 Å². The van der Waals surface area contributed by atoms with E-state index in [-0.39, 0.29) is 5.91 Å². The zero-order valence-electron chi connectivity index (χ0n) is 8.63. The fourth-order valence-electron chi connectivity index (χ4n) is 0.922. The van der Waals surface area contributed by atoms with Crippen LogP contribution < -0.4 is 11.1 Å². The molecule has 0 bridgehead atoms. The van der Waals surface area contributed by atoms with Crippen molar-refractivity contribution >= 4 is 11.8 Å². The van der Waals surface area contributed by atoms with E-state index in [0.717, 1.165) is 11.3 Å². The van der Waals surface area contributed by atoms with E-state index in [1.54, 1.807) is 0 Å². The van der Waals surface area contributed by atoms with Gasteiger partial charge < -0.3 is 10.3 Å². The molecular weight excluding hydrogens is 182 g/mol. The summed E-state index contributed by atoms with van der Waals surface area (Å²) in [6, 6.07) is -0.500. The van der Waals surface area contributed by atoms with Crippen LogP contribution in [0.4, 0.5) is 5.88 Å². The molecule has 5 heteroatoms. The highest BCUT2D eigenvalue weighted by Crippen LogP contribution is 2.17. The largest absolute Gasteiger partial charge is 0.338 e. The molecule has 1 amide bonds. The first kappa shape index (κ1) is 10.7. The highest BCUT2D eigenvalue weighted by atomic mass is 16.5. The Hall–Kier alpha value is -1.36. The molecule has 0 aliphatic heterocycles. The summed E-state index contributed by atoms with van der Waals surface area (Å²) < 4.78 is 4.92.